The van der Waals surface area contributed by atoms with E-state index in [1.165, 1.54) is 6.07 Å². The molecule has 2 aromatic heterocycles. The minimum atomic E-state index is -1.01. The van der Waals surface area contributed by atoms with Crippen molar-refractivity contribution in [1.29, 1.82) is 0 Å². The summed E-state index contributed by atoms with van der Waals surface area (Å²) in [6, 6.07) is 3.31. The van der Waals surface area contributed by atoms with E-state index in [0.29, 0.717) is 5.69 Å². The van der Waals surface area contributed by atoms with Gasteiger partial charge in [0, 0.05) is 18.0 Å². The third kappa shape index (κ3) is 1.31. The molecule has 2 aromatic rings. The minimum Gasteiger partial charge on any atom is -0.477 e. The number of aromatic amines is 2. The molecule has 3 N–H and O–H groups in total. The Morgan fingerprint density at radius 3 is 2.92 bits per heavy atom. The van der Waals surface area contributed by atoms with Crippen molar-refractivity contribution in [2.24, 2.45) is 0 Å². The van der Waals surface area contributed by atoms with Gasteiger partial charge in [-0.25, -0.2) is 4.79 Å². The second kappa shape index (κ2) is 2.78. The van der Waals surface area contributed by atoms with Gasteiger partial charge < -0.3 is 10.1 Å². The largest absolute Gasteiger partial charge is 0.477 e. The molecule has 0 aliphatic carbocycles. The van der Waals surface area contributed by atoms with Crippen LogP contribution in [0.4, 0.5) is 0 Å². The molecule has 0 fully saturated rings. The first-order valence-electron chi connectivity index (χ1n) is 3.69. The average molecular weight is 177 g/mol. The zero-order chi connectivity index (χ0) is 9.26. The average Bonchev–Trinajstić information content (AvgIpc) is 2.75. The highest BCUT2D eigenvalue weighted by Gasteiger charge is 2.08. The summed E-state index contributed by atoms with van der Waals surface area (Å²) < 4.78 is 0. The zero-order valence-corrected chi connectivity index (χ0v) is 6.61. The first kappa shape index (κ1) is 7.60. The molecule has 0 unspecified atom stereocenters. The standard InChI is InChI=1S/C8H7N3O2/c12-8(13)7-3-6(10-11-7)5-1-2-9-4-5/h1-4,9H,(H,10,11)(H,12,13). The summed E-state index contributed by atoms with van der Waals surface area (Å²) in [5.74, 6) is -1.01. The number of carboxylic acids is 1. The second-order valence-corrected chi connectivity index (χ2v) is 2.57. The highest BCUT2D eigenvalue weighted by atomic mass is 16.4. The van der Waals surface area contributed by atoms with Crippen LogP contribution in [0, 0.1) is 0 Å². The highest BCUT2D eigenvalue weighted by molar-refractivity contribution is 5.86. The van der Waals surface area contributed by atoms with E-state index in [0.717, 1.165) is 5.56 Å². The maximum Gasteiger partial charge on any atom is 0.353 e. The van der Waals surface area contributed by atoms with Crippen molar-refractivity contribution >= 4 is 5.97 Å². The van der Waals surface area contributed by atoms with Crippen LogP contribution in [0.25, 0.3) is 11.3 Å². The Morgan fingerprint density at radius 1 is 1.54 bits per heavy atom. The zero-order valence-electron chi connectivity index (χ0n) is 6.61. The summed E-state index contributed by atoms with van der Waals surface area (Å²) in [5, 5.41) is 14.9. The lowest BCUT2D eigenvalue weighted by atomic mass is 10.2. The summed E-state index contributed by atoms with van der Waals surface area (Å²) >= 11 is 0. The molecule has 0 saturated carbocycles. The number of hydrogen-bond acceptors (Lipinski definition) is 2. The van der Waals surface area contributed by atoms with Gasteiger partial charge in [0.2, 0.25) is 0 Å². The summed E-state index contributed by atoms with van der Waals surface area (Å²) in [4.78, 5) is 13.4. The number of carboxylic acid groups (broad SMARTS) is 1. The molecule has 0 amide bonds. The number of hydrogen-bond donors (Lipinski definition) is 3. The summed E-state index contributed by atoms with van der Waals surface area (Å²) in [6.45, 7) is 0. The van der Waals surface area contributed by atoms with Gasteiger partial charge in [0.15, 0.2) is 0 Å². The topological polar surface area (TPSA) is 81.8 Å². The van der Waals surface area contributed by atoms with Gasteiger partial charge in [-0.3, -0.25) is 5.10 Å². The Kier molecular flexibility index (Phi) is 1.63. The Morgan fingerprint density at radius 2 is 2.38 bits per heavy atom. The van der Waals surface area contributed by atoms with E-state index in [4.69, 9.17) is 5.11 Å². The van der Waals surface area contributed by atoms with Crippen molar-refractivity contribution in [3.8, 4) is 11.3 Å². The molecule has 0 aromatic carbocycles. The van der Waals surface area contributed by atoms with Crippen LogP contribution in [0.5, 0.6) is 0 Å². The predicted molar refractivity (Wildman–Crippen MR) is 45.3 cm³/mol. The molecular weight excluding hydrogens is 170 g/mol. The lowest BCUT2D eigenvalue weighted by molar-refractivity contribution is 0.0690. The molecule has 0 atom stereocenters. The van der Waals surface area contributed by atoms with Gasteiger partial charge in [-0.1, -0.05) is 0 Å². The van der Waals surface area contributed by atoms with Gasteiger partial charge in [0.25, 0.3) is 0 Å². The van der Waals surface area contributed by atoms with Crippen molar-refractivity contribution in [1.82, 2.24) is 15.2 Å². The highest BCUT2D eigenvalue weighted by Crippen LogP contribution is 2.15. The molecule has 2 rings (SSSR count). The molecular formula is C8H7N3O2. The Hall–Kier alpha value is -2.04. The lowest BCUT2D eigenvalue weighted by Crippen LogP contribution is -1.95. The van der Waals surface area contributed by atoms with Crippen LogP contribution in [0.3, 0.4) is 0 Å². The Labute approximate surface area is 73.4 Å². The number of rotatable bonds is 2. The van der Waals surface area contributed by atoms with Crippen LogP contribution in [0.15, 0.2) is 24.5 Å². The molecule has 5 nitrogen and oxygen atoms in total. The summed E-state index contributed by atoms with van der Waals surface area (Å²) in [6.07, 6.45) is 3.51. The van der Waals surface area contributed by atoms with Gasteiger partial charge in [-0.2, -0.15) is 5.10 Å². The monoisotopic (exact) mass is 177 g/mol. The van der Waals surface area contributed by atoms with Crippen molar-refractivity contribution in [2.75, 3.05) is 0 Å². The van der Waals surface area contributed by atoms with E-state index >= 15 is 0 Å². The van der Waals surface area contributed by atoms with Gasteiger partial charge in [-0.05, 0) is 12.1 Å². The quantitative estimate of drug-likeness (QED) is 0.642. The maximum absolute atomic E-state index is 10.5. The second-order valence-electron chi connectivity index (χ2n) is 2.57. The third-order valence-electron chi connectivity index (χ3n) is 1.70. The summed E-state index contributed by atoms with van der Waals surface area (Å²) in [7, 11) is 0. The smallest absolute Gasteiger partial charge is 0.353 e. The van der Waals surface area contributed by atoms with Gasteiger partial charge >= 0.3 is 5.97 Å². The van der Waals surface area contributed by atoms with Crippen LogP contribution in [0.1, 0.15) is 10.5 Å². The van der Waals surface area contributed by atoms with Crippen molar-refractivity contribution < 1.29 is 9.90 Å². The molecule has 13 heavy (non-hydrogen) atoms. The van der Waals surface area contributed by atoms with Crippen LogP contribution < -0.4 is 0 Å². The van der Waals surface area contributed by atoms with Crippen LogP contribution in [-0.4, -0.2) is 26.3 Å². The van der Waals surface area contributed by atoms with Crippen molar-refractivity contribution in [2.45, 2.75) is 0 Å². The SMILES string of the molecule is O=C(O)c1cc(-c2cc[nH]c2)n[nH]1. The van der Waals surface area contributed by atoms with Crippen LogP contribution in [0.2, 0.25) is 0 Å². The van der Waals surface area contributed by atoms with Crippen LogP contribution in [-0.2, 0) is 0 Å². The molecule has 0 saturated heterocycles. The molecule has 0 aliphatic rings. The van der Waals surface area contributed by atoms with Crippen molar-refractivity contribution in [3.63, 3.8) is 0 Å². The van der Waals surface area contributed by atoms with Crippen molar-refractivity contribution in [3.05, 3.63) is 30.2 Å². The number of aromatic carboxylic acids is 1. The van der Waals surface area contributed by atoms with Crippen LogP contribution >= 0.6 is 0 Å². The van der Waals surface area contributed by atoms with E-state index in [1.807, 2.05) is 6.07 Å². The third-order valence-corrected chi connectivity index (χ3v) is 1.70. The molecule has 2 heterocycles. The number of nitrogens with zero attached hydrogens (tertiary/aromatic N) is 1. The molecule has 0 aliphatic heterocycles. The van der Waals surface area contributed by atoms with E-state index in [2.05, 4.69) is 15.2 Å². The molecule has 0 radical (unpaired) electrons. The van der Waals surface area contributed by atoms with Gasteiger partial charge in [0.05, 0.1) is 5.69 Å². The first-order chi connectivity index (χ1) is 6.27. The van der Waals surface area contributed by atoms with Gasteiger partial charge in [0.1, 0.15) is 5.69 Å². The number of nitrogens with one attached hydrogen (secondary N) is 2. The molecule has 5 heteroatoms. The predicted octanol–water partition coefficient (Wildman–Crippen LogP) is 1.10. The summed E-state index contributed by atoms with van der Waals surface area (Å²) in [5.41, 5.74) is 1.58. The van der Waals surface area contributed by atoms with E-state index in [9.17, 15) is 4.79 Å². The molecule has 0 bridgehead atoms. The number of H-pyrrole nitrogens is 2. The fraction of sp³-hybridized carbons (Fsp3) is 0. The normalized spacial score (nSPS) is 10.2. The fourth-order valence-electron chi connectivity index (χ4n) is 1.06. The number of carbonyl (C=O) groups is 1. The lowest BCUT2D eigenvalue weighted by Gasteiger charge is -1.84. The van der Waals surface area contributed by atoms with E-state index in [-0.39, 0.29) is 5.69 Å². The molecule has 0 spiro atoms. The molecule has 66 valence electrons. The van der Waals surface area contributed by atoms with Gasteiger partial charge in [-0.15, -0.1) is 0 Å². The van der Waals surface area contributed by atoms with E-state index < -0.39 is 5.97 Å². The number of aromatic nitrogens is 3. The minimum absolute atomic E-state index is 0.0937. The van der Waals surface area contributed by atoms with E-state index in [1.54, 1.807) is 12.4 Å². The maximum atomic E-state index is 10.5. The first-order valence-corrected chi connectivity index (χ1v) is 3.69. The Bertz CT molecular complexity index is 416. The Balaban J connectivity index is 2.39. The fourth-order valence-corrected chi connectivity index (χ4v) is 1.06.